The molecule has 0 amide bonds. The lowest BCUT2D eigenvalue weighted by Gasteiger charge is -2.23. The Balaban J connectivity index is 2.51. The lowest BCUT2D eigenvalue weighted by atomic mass is 10.2. The second-order valence-electron chi connectivity index (χ2n) is 4.41. The third-order valence-corrected chi connectivity index (χ3v) is 5.36. The zero-order valence-corrected chi connectivity index (χ0v) is 11.6. The molecule has 2 rings (SSSR count). The first-order valence-electron chi connectivity index (χ1n) is 5.75. The molecule has 0 radical (unpaired) electrons. The van der Waals surface area contributed by atoms with Gasteiger partial charge < -0.3 is 10.8 Å². The normalized spacial score (nSPS) is 20.9. The van der Waals surface area contributed by atoms with Crippen molar-refractivity contribution in [3.63, 3.8) is 0 Å². The molecule has 106 valence electrons. The smallest absolute Gasteiger partial charge is 0.246 e. The summed E-state index contributed by atoms with van der Waals surface area (Å²) in [6.45, 7) is -0.0453. The van der Waals surface area contributed by atoms with E-state index in [4.69, 9.17) is 17.3 Å². The van der Waals surface area contributed by atoms with Gasteiger partial charge in [0, 0.05) is 18.3 Å². The van der Waals surface area contributed by atoms with Crippen LogP contribution in [0.5, 0.6) is 0 Å². The predicted molar refractivity (Wildman–Crippen MR) is 69.8 cm³/mol. The van der Waals surface area contributed by atoms with Crippen molar-refractivity contribution in [2.24, 2.45) is 0 Å². The standard InChI is InChI=1S/C11H14ClFN2O3S/c12-9-4-7(14)5-10(11(9)13)19(17,18)15-3-1-2-8(15)6-16/h4-5,8,16H,1-3,6,14H2. The van der Waals surface area contributed by atoms with Crippen molar-refractivity contribution < 1.29 is 17.9 Å². The predicted octanol–water partition coefficient (Wildman–Crippen LogP) is 1.21. The number of nitrogens with two attached hydrogens (primary N) is 1. The van der Waals surface area contributed by atoms with Gasteiger partial charge in [-0.05, 0) is 25.0 Å². The largest absolute Gasteiger partial charge is 0.399 e. The van der Waals surface area contributed by atoms with Crippen molar-refractivity contribution in [1.29, 1.82) is 0 Å². The van der Waals surface area contributed by atoms with Crippen LogP contribution in [0.25, 0.3) is 0 Å². The fourth-order valence-electron chi connectivity index (χ4n) is 2.21. The lowest BCUT2D eigenvalue weighted by Crippen LogP contribution is -2.38. The Labute approximate surface area is 115 Å². The Bertz CT molecular complexity index is 594. The molecule has 1 heterocycles. The Morgan fingerprint density at radius 3 is 2.84 bits per heavy atom. The number of benzene rings is 1. The molecule has 1 fully saturated rings. The van der Waals surface area contributed by atoms with E-state index in [-0.39, 0.29) is 23.9 Å². The molecule has 0 aromatic heterocycles. The number of sulfonamides is 1. The summed E-state index contributed by atoms with van der Waals surface area (Å²) < 4.78 is 39.8. The van der Waals surface area contributed by atoms with Crippen molar-refractivity contribution >= 4 is 27.3 Å². The molecule has 1 aromatic carbocycles. The maximum atomic E-state index is 13.9. The van der Waals surface area contributed by atoms with E-state index in [1.165, 1.54) is 0 Å². The zero-order valence-electron chi connectivity index (χ0n) is 10.0. The molecular formula is C11H14ClFN2O3S. The molecule has 19 heavy (non-hydrogen) atoms. The highest BCUT2D eigenvalue weighted by atomic mass is 35.5. The summed E-state index contributed by atoms with van der Waals surface area (Å²) in [7, 11) is -4.04. The van der Waals surface area contributed by atoms with Crippen LogP contribution in [0.1, 0.15) is 12.8 Å². The van der Waals surface area contributed by atoms with Gasteiger partial charge in [-0.3, -0.25) is 0 Å². The van der Waals surface area contributed by atoms with Crippen LogP contribution >= 0.6 is 11.6 Å². The molecule has 1 aliphatic rings. The average molecular weight is 309 g/mol. The van der Waals surface area contributed by atoms with Gasteiger partial charge in [0.2, 0.25) is 10.0 Å². The molecule has 3 N–H and O–H groups in total. The van der Waals surface area contributed by atoms with E-state index in [2.05, 4.69) is 0 Å². The van der Waals surface area contributed by atoms with E-state index < -0.39 is 26.8 Å². The Kier molecular flexibility index (Phi) is 4.00. The van der Waals surface area contributed by atoms with E-state index in [1.54, 1.807) is 0 Å². The fourth-order valence-corrected chi connectivity index (χ4v) is 4.30. The monoisotopic (exact) mass is 308 g/mol. The fraction of sp³-hybridized carbons (Fsp3) is 0.455. The Hall–Kier alpha value is -0.890. The number of halogens is 2. The zero-order chi connectivity index (χ0) is 14.2. The number of hydrogen-bond donors (Lipinski definition) is 2. The maximum Gasteiger partial charge on any atom is 0.246 e. The van der Waals surface area contributed by atoms with Gasteiger partial charge in [-0.2, -0.15) is 4.31 Å². The summed E-state index contributed by atoms with van der Waals surface area (Å²) in [6.07, 6.45) is 1.18. The van der Waals surface area contributed by atoms with Gasteiger partial charge >= 0.3 is 0 Å². The van der Waals surface area contributed by atoms with Crippen LogP contribution in [0.4, 0.5) is 10.1 Å². The number of aliphatic hydroxyl groups excluding tert-OH is 1. The SMILES string of the molecule is Nc1cc(Cl)c(F)c(S(=O)(=O)N2CCCC2CO)c1. The first-order chi connectivity index (χ1) is 8.87. The molecule has 8 heteroatoms. The van der Waals surface area contributed by atoms with E-state index in [0.717, 1.165) is 16.4 Å². The summed E-state index contributed by atoms with van der Waals surface area (Å²) in [5.74, 6) is -1.01. The number of aliphatic hydroxyl groups is 1. The van der Waals surface area contributed by atoms with Crippen molar-refractivity contribution in [3.05, 3.63) is 23.0 Å². The third-order valence-electron chi connectivity index (χ3n) is 3.14. The molecule has 1 unspecified atom stereocenters. The van der Waals surface area contributed by atoms with Gasteiger partial charge in [-0.15, -0.1) is 0 Å². The first kappa shape index (κ1) is 14.5. The van der Waals surface area contributed by atoms with Gasteiger partial charge in [0.1, 0.15) is 4.90 Å². The number of nitrogens with zero attached hydrogens (tertiary/aromatic N) is 1. The van der Waals surface area contributed by atoms with Crippen LogP contribution in [0, 0.1) is 5.82 Å². The maximum absolute atomic E-state index is 13.9. The summed E-state index contributed by atoms with van der Waals surface area (Å²) in [5, 5.41) is 8.84. The summed E-state index contributed by atoms with van der Waals surface area (Å²) >= 11 is 5.61. The minimum Gasteiger partial charge on any atom is -0.399 e. The highest BCUT2D eigenvalue weighted by molar-refractivity contribution is 7.89. The summed E-state index contributed by atoms with van der Waals surface area (Å²) in [6, 6.07) is 1.68. The molecule has 1 aromatic rings. The minimum absolute atomic E-state index is 0.0738. The highest BCUT2D eigenvalue weighted by Gasteiger charge is 2.36. The van der Waals surface area contributed by atoms with Crippen LogP contribution in [-0.4, -0.2) is 37.0 Å². The van der Waals surface area contributed by atoms with Crippen LogP contribution in [-0.2, 0) is 10.0 Å². The van der Waals surface area contributed by atoms with Gasteiger partial charge in [-0.1, -0.05) is 11.6 Å². The number of anilines is 1. The topological polar surface area (TPSA) is 83.6 Å². The highest BCUT2D eigenvalue weighted by Crippen LogP contribution is 2.31. The molecule has 0 aliphatic carbocycles. The van der Waals surface area contributed by atoms with E-state index in [0.29, 0.717) is 12.8 Å². The average Bonchev–Trinajstić information content (AvgIpc) is 2.82. The van der Waals surface area contributed by atoms with Crippen LogP contribution in [0.3, 0.4) is 0 Å². The number of hydrogen-bond acceptors (Lipinski definition) is 4. The van der Waals surface area contributed by atoms with Gasteiger partial charge in [0.05, 0.1) is 11.6 Å². The molecule has 0 saturated carbocycles. The van der Waals surface area contributed by atoms with E-state index in [1.807, 2.05) is 0 Å². The van der Waals surface area contributed by atoms with Gasteiger partial charge in [0.15, 0.2) is 5.82 Å². The Morgan fingerprint density at radius 2 is 2.21 bits per heavy atom. The van der Waals surface area contributed by atoms with Gasteiger partial charge in [-0.25, -0.2) is 12.8 Å². The van der Waals surface area contributed by atoms with Gasteiger partial charge in [0.25, 0.3) is 0 Å². The molecule has 1 saturated heterocycles. The van der Waals surface area contributed by atoms with Crippen LogP contribution < -0.4 is 5.73 Å². The number of rotatable bonds is 3. The van der Waals surface area contributed by atoms with E-state index >= 15 is 0 Å². The lowest BCUT2D eigenvalue weighted by molar-refractivity contribution is 0.213. The van der Waals surface area contributed by atoms with Crippen molar-refractivity contribution in [2.45, 2.75) is 23.8 Å². The quantitative estimate of drug-likeness (QED) is 0.822. The summed E-state index contributed by atoms with van der Waals surface area (Å²) in [4.78, 5) is -0.544. The van der Waals surface area contributed by atoms with Crippen molar-refractivity contribution in [2.75, 3.05) is 18.9 Å². The molecular weight excluding hydrogens is 295 g/mol. The number of nitrogen functional groups attached to an aromatic ring is 1. The minimum atomic E-state index is -4.04. The molecule has 1 atom stereocenters. The third kappa shape index (κ3) is 2.55. The van der Waals surface area contributed by atoms with Crippen LogP contribution in [0.15, 0.2) is 17.0 Å². The molecule has 1 aliphatic heterocycles. The van der Waals surface area contributed by atoms with Crippen molar-refractivity contribution in [3.8, 4) is 0 Å². The van der Waals surface area contributed by atoms with Crippen molar-refractivity contribution in [1.82, 2.24) is 4.31 Å². The Morgan fingerprint density at radius 1 is 1.53 bits per heavy atom. The second-order valence-corrected chi connectivity index (χ2v) is 6.68. The second kappa shape index (κ2) is 5.24. The molecule has 0 bridgehead atoms. The van der Waals surface area contributed by atoms with E-state index in [9.17, 15) is 17.9 Å². The molecule has 0 spiro atoms. The molecule has 5 nitrogen and oxygen atoms in total. The van der Waals surface area contributed by atoms with Crippen LogP contribution in [0.2, 0.25) is 5.02 Å². The first-order valence-corrected chi connectivity index (χ1v) is 7.57. The summed E-state index contributed by atoms with van der Waals surface area (Å²) in [5.41, 5.74) is 5.58.